The standard InChI is InChI=1S/C10H13BO5/c1-15-10(12)9(7-16-11(13)14)8-5-3-2-4-6-8/h2-6,9,13-14H,7H2,1H3. The Bertz CT molecular complexity index is 327. The van der Waals surface area contributed by atoms with Crippen molar-refractivity contribution in [2.24, 2.45) is 0 Å². The smallest absolute Gasteiger partial charge is 0.468 e. The highest BCUT2D eigenvalue weighted by Gasteiger charge is 2.23. The molecular weight excluding hydrogens is 211 g/mol. The van der Waals surface area contributed by atoms with Gasteiger partial charge in [-0.3, -0.25) is 4.79 Å². The molecule has 1 rings (SSSR count). The summed E-state index contributed by atoms with van der Waals surface area (Å²) in [7, 11) is -0.621. The number of carbonyl (C=O) groups excluding carboxylic acids is 1. The first-order valence-corrected chi connectivity index (χ1v) is 4.75. The van der Waals surface area contributed by atoms with E-state index >= 15 is 0 Å². The van der Waals surface area contributed by atoms with E-state index in [4.69, 9.17) is 10.0 Å². The van der Waals surface area contributed by atoms with Crippen LogP contribution in [0.15, 0.2) is 30.3 Å². The lowest BCUT2D eigenvalue weighted by molar-refractivity contribution is -0.143. The van der Waals surface area contributed by atoms with Gasteiger partial charge in [0, 0.05) is 0 Å². The maximum atomic E-state index is 11.5. The van der Waals surface area contributed by atoms with Crippen molar-refractivity contribution in [2.75, 3.05) is 13.7 Å². The van der Waals surface area contributed by atoms with E-state index < -0.39 is 19.2 Å². The van der Waals surface area contributed by atoms with Gasteiger partial charge >= 0.3 is 13.3 Å². The highest BCUT2D eigenvalue weighted by Crippen LogP contribution is 2.17. The van der Waals surface area contributed by atoms with Crippen molar-refractivity contribution in [3.63, 3.8) is 0 Å². The number of rotatable bonds is 5. The van der Waals surface area contributed by atoms with E-state index in [0.717, 1.165) is 0 Å². The zero-order valence-electron chi connectivity index (χ0n) is 8.87. The van der Waals surface area contributed by atoms with Crippen LogP contribution in [0.3, 0.4) is 0 Å². The van der Waals surface area contributed by atoms with Crippen molar-refractivity contribution >= 4 is 13.3 Å². The number of methoxy groups -OCH3 is 1. The Morgan fingerprint density at radius 1 is 1.38 bits per heavy atom. The van der Waals surface area contributed by atoms with Crippen LogP contribution in [0.4, 0.5) is 0 Å². The second-order valence-corrected chi connectivity index (χ2v) is 3.15. The highest BCUT2D eigenvalue weighted by atomic mass is 16.6. The lowest BCUT2D eigenvalue weighted by Crippen LogP contribution is -2.25. The molecule has 0 saturated carbocycles. The summed E-state index contributed by atoms with van der Waals surface area (Å²) in [5, 5.41) is 17.2. The molecule has 16 heavy (non-hydrogen) atoms. The summed E-state index contributed by atoms with van der Waals surface area (Å²) in [5.74, 6) is -1.14. The second kappa shape index (κ2) is 6.27. The quantitative estimate of drug-likeness (QED) is 0.540. The minimum absolute atomic E-state index is 0.144. The van der Waals surface area contributed by atoms with Gasteiger partial charge in [-0.1, -0.05) is 30.3 Å². The number of benzene rings is 1. The Morgan fingerprint density at radius 3 is 2.50 bits per heavy atom. The molecular formula is C10H13BO5. The molecule has 1 atom stereocenters. The first-order valence-electron chi connectivity index (χ1n) is 4.75. The Hall–Kier alpha value is -1.37. The van der Waals surface area contributed by atoms with E-state index in [1.165, 1.54) is 7.11 Å². The minimum atomic E-state index is -1.89. The average Bonchev–Trinajstić information content (AvgIpc) is 2.30. The van der Waals surface area contributed by atoms with Crippen LogP contribution in [-0.2, 0) is 14.2 Å². The molecule has 1 aromatic carbocycles. The molecule has 86 valence electrons. The van der Waals surface area contributed by atoms with Gasteiger partial charge in [0.2, 0.25) is 0 Å². The van der Waals surface area contributed by atoms with Crippen molar-refractivity contribution in [2.45, 2.75) is 5.92 Å². The van der Waals surface area contributed by atoms with Crippen LogP contribution in [0, 0.1) is 0 Å². The molecule has 1 aromatic rings. The first-order chi connectivity index (χ1) is 7.65. The lowest BCUT2D eigenvalue weighted by atomic mass is 10.00. The molecule has 2 N–H and O–H groups in total. The van der Waals surface area contributed by atoms with Crippen LogP contribution in [-0.4, -0.2) is 37.1 Å². The third-order valence-corrected chi connectivity index (χ3v) is 2.10. The molecule has 1 unspecified atom stereocenters. The molecule has 0 saturated heterocycles. The summed E-state index contributed by atoms with van der Waals surface area (Å²) in [6, 6.07) is 8.87. The summed E-state index contributed by atoms with van der Waals surface area (Å²) in [5.41, 5.74) is 0.704. The summed E-state index contributed by atoms with van der Waals surface area (Å²) in [6.45, 7) is -0.144. The fourth-order valence-electron chi connectivity index (χ4n) is 1.31. The highest BCUT2D eigenvalue weighted by molar-refractivity contribution is 6.32. The van der Waals surface area contributed by atoms with Gasteiger partial charge in [-0.15, -0.1) is 0 Å². The molecule has 0 amide bonds. The molecule has 6 heteroatoms. The molecule has 0 aliphatic carbocycles. The van der Waals surface area contributed by atoms with Gasteiger partial charge in [0.15, 0.2) is 0 Å². The van der Waals surface area contributed by atoms with Gasteiger partial charge < -0.3 is 19.4 Å². The zero-order valence-corrected chi connectivity index (χ0v) is 8.87. The third kappa shape index (κ3) is 3.65. The average molecular weight is 224 g/mol. The summed E-state index contributed by atoms with van der Waals surface area (Å²) < 4.78 is 9.21. The summed E-state index contributed by atoms with van der Waals surface area (Å²) >= 11 is 0. The molecule has 0 spiro atoms. The summed E-state index contributed by atoms with van der Waals surface area (Å²) in [6.07, 6.45) is 0. The van der Waals surface area contributed by atoms with E-state index in [1.54, 1.807) is 24.3 Å². The van der Waals surface area contributed by atoms with E-state index in [1.807, 2.05) is 6.07 Å². The SMILES string of the molecule is COC(=O)C(COB(O)O)c1ccccc1. The van der Waals surface area contributed by atoms with Crippen LogP contribution >= 0.6 is 0 Å². The number of hydrogen-bond acceptors (Lipinski definition) is 5. The Kier molecular flexibility index (Phi) is 4.98. The molecule has 0 fully saturated rings. The third-order valence-electron chi connectivity index (χ3n) is 2.10. The van der Waals surface area contributed by atoms with Crippen LogP contribution in [0.25, 0.3) is 0 Å². The summed E-state index contributed by atoms with van der Waals surface area (Å²) in [4.78, 5) is 11.5. The largest absolute Gasteiger partial charge is 0.633 e. The maximum Gasteiger partial charge on any atom is 0.633 e. The molecule has 0 bridgehead atoms. The predicted octanol–water partition coefficient (Wildman–Crippen LogP) is -0.0707. The Morgan fingerprint density at radius 2 is 2.00 bits per heavy atom. The molecule has 0 aliphatic heterocycles. The number of carbonyl (C=O) groups is 1. The van der Waals surface area contributed by atoms with Crippen molar-refractivity contribution in [3.05, 3.63) is 35.9 Å². The number of ether oxygens (including phenoxy) is 1. The second-order valence-electron chi connectivity index (χ2n) is 3.15. The van der Waals surface area contributed by atoms with Crippen LogP contribution in [0.5, 0.6) is 0 Å². The number of esters is 1. The predicted molar refractivity (Wildman–Crippen MR) is 57.3 cm³/mol. The van der Waals surface area contributed by atoms with Crippen LogP contribution < -0.4 is 0 Å². The lowest BCUT2D eigenvalue weighted by Gasteiger charge is -2.14. The fourth-order valence-corrected chi connectivity index (χ4v) is 1.31. The monoisotopic (exact) mass is 224 g/mol. The van der Waals surface area contributed by atoms with E-state index in [2.05, 4.69) is 9.39 Å². The first kappa shape index (κ1) is 12.7. The van der Waals surface area contributed by atoms with E-state index in [9.17, 15) is 4.79 Å². The van der Waals surface area contributed by atoms with Crippen molar-refractivity contribution < 1.29 is 24.2 Å². The Balaban J connectivity index is 2.76. The topological polar surface area (TPSA) is 76.0 Å². The van der Waals surface area contributed by atoms with E-state index in [-0.39, 0.29) is 6.61 Å². The van der Waals surface area contributed by atoms with Gasteiger partial charge in [-0.05, 0) is 5.56 Å². The Labute approximate surface area is 93.8 Å². The fraction of sp³-hybridized carbons (Fsp3) is 0.300. The number of hydrogen-bond donors (Lipinski definition) is 2. The van der Waals surface area contributed by atoms with Crippen molar-refractivity contribution in [1.82, 2.24) is 0 Å². The molecule has 0 aliphatic rings. The molecule has 0 heterocycles. The van der Waals surface area contributed by atoms with E-state index in [0.29, 0.717) is 5.56 Å². The normalized spacial score (nSPS) is 11.9. The van der Waals surface area contributed by atoms with Gasteiger partial charge in [-0.2, -0.15) is 0 Å². The van der Waals surface area contributed by atoms with Crippen LogP contribution in [0.1, 0.15) is 11.5 Å². The van der Waals surface area contributed by atoms with Gasteiger partial charge in [0.25, 0.3) is 0 Å². The van der Waals surface area contributed by atoms with Gasteiger partial charge in [0.05, 0.1) is 13.7 Å². The molecule has 0 aromatic heterocycles. The van der Waals surface area contributed by atoms with Gasteiger partial charge in [0.1, 0.15) is 5.92 Å². The molecule has 0 radical (unpaired) electrons. The van der Waals surface area contributed by atoms with Crippen LogP contribution in [0.2, 0.25) is 0 Å². The van der Waals surface area contributed by atoms with Crippen molar-refractivity contribution in [3.8, 4) is 0 Å². The minimum Gasteiger partial charge on any atom is -0.468 e. The van der Waals surface area contributed by atoms with Crippen molar-refractivity contribution in [1.29, 1.82) is 0 Å². The van der Waals surface area contributed by atoms with Gasteiger partial charge in [-0.25, -0.2) is 0 Å². The molecule has 5 nitrogen and oxygen atoms in total. The zero-order chi connectivity index (χ0) is 12.0. The maximum absolute atomic E-state index is 11.5.